The molecule has 0 radical (unpaired) electrons. The van der Waals surface area contributed by atoms with Crippen molar-refractivity contribution in [2.45, 2.75) is 56.3 Å². The number of amides is 3. The molecule has 0 aromatic heterocycles. The third-order valence-electron chi connectivity index (χ3n) is 5.25. The minimum Gasteiger partial charge on any atom is -0.508 e. The van der Waals surface area contributed by atoms with E-state index in [0.717, 1.165) is 0 Å². The van der Waals surface area contributed by atoms with Crippen molar-refractivity contribution < 1.29 is 49.2 Å². The number of aromatic hydroxyl groups is 1. The van der Waals surface area contributed by atoms with E-state index in [4.69, 9.17) is 10.8 Å². The molecule has 0 saturated heterocycles. The fourth-order valence-corrected chi connectivity index (χ4v) is 3.66. The second kappa shape index (κ2) is 16.1. The molecule has 0 spiro atoms. The molecule has 4 unspecified atom stereocenters. The van der Waals surface area contributed by atoms with Crippen LogP contribution in [0.3, 0.4) is 0 Å². The van der Waals surface area contributed by atoms with E-state index in [1.54, 1.807) is 6.26 Å². The lowest BCUT2D eigenvalue weighted by atomic mass is 10.0. The Morgan fingerprint density at radius 2 is 1.37 bits per heavy atom. The van der Waals surface area contributed by atoms with Crippen LogP contribution in [0.1, 0.15) is 31.2 Å². The molecule has 1 aromatic rings. The molecule has 14 nitrogen and oxygen atoms in total. The van der Waals surface area contributed by atoms with Gasteiger partial charge in [-0.05, 0) is 42.5 Å². The van der Waals surface area contributed by atoms with Gasteiger partial charge in [0.1, 0.15) is 23.9 Å². The first-order valence-electron chi connectivity index (χ1n) is 11.4. The van der Waals surface area contributed by atoms with Gasteiger partial charge in [-0.25, -0.2) is 4.79 Å². The highest BCUT2D eigenvalue weighted by atomic mass is 32.2. The molecule has 1 aromatic carbocycles. The second-order valence-corrected chi connectivity index (χ2v) is 9.30. The zero-order valence-electron chi connectivity index (χ0n) is 20.6. The number of hydrogen-bond donors (Lipinski definition) is 8. The van der Waals surface area contributed by atoms with Crippen molar-refractivity contribution in [2.75, 3.05) is 12.0 Å². The van der Waals surface area contributed by atoms with E-state index in [-0.39, 0.29) is 31.4 Å². The number of carboxylic acid groups (broad SMARTS) is 3. The number of carboxylic acids is 3. The first kappa shape index (κ1) is 32.2. The average Bonchev–Trinajstić information content (AvgIpc) is 2.84. The normalized spacial score (nSPS) is 13.8. The summed E-state index contributed by atoms with van der Waals surface area (Å²) in [6, 6.07) is -0.00893. The molecular formula is C23H32N4O10S. The second-order valence-electron chi connectivity index (χ2n) is 8.31. The first-order valence-corrected chi connectivity index (χ1v) is 12.8. The molecule has 0 bridgehead atoms. The van der Waals surface area contributed by atoms with Crippen LogP contribution in [0.15, 0.2) is 24.3 Å². The number of carbonyl (C=O) groups excluding carboxylic acids is 3. The number of hydrogen-bond acceptors (Lipinski definition) is 9. The van der Waals surface area contributed by atoms with Crippen molar-refractivity contribution in [3.05, 3.63) is 29.8 Å². The Morgan fingerprint density at radius 1 is 0.816 bits per heavy atom. The topological polar surface area (TPSA) is 245 Å². The smallest absolute Gasteiger partial charge is 0.326 e. The number of nitrogens with two attached hydrogens (primary N) is 1. The molecule has 0 saturated carbocycles. The Labute approximate surface area is 222 Å². The van der Waals surface area contributed by atoms with Crippen molar-refractivity contribution in [3.63, 3.8) is 0 Å². The van der Waals surface area contributed by atoms with Crippen molar-refractivity contribution >= 4 is 47.4 Å². The van der Waals surface area contributed by atoms with Gasteiger partial charge >= 0.3 is 17.9 Å². The predicted molar refractivity (Wildman–Crippen MR) is 135 cm³/mol. The van der Waals surface area contributed by atoms with Gasteiger partial charge in [0, 0.05) is 12.8 Å². The van der Waals surface area contributed by atoms with Gasteiger partial charge in [0.25, 0.3) is 0 Å². The molecule has 38 heavy (non-hydrogen) atoms. The summed E-state index contributed by atoms with van der Waals surface area (Å²) in [7, 11) is 0. The quantitative estimate of drug-likeness (QED) is 0.114. The molecule has 0 aliphatic heterocycles. The number of aliphatic carboxylic acids is 3. The lowest BCUT2D eigenvalue weighted by molar-refractivity contribution is -0.143. The molecule has 4 atom stereocenters. The summed E-state index contributed by atoms with van der Waals surface area (Å²) < 4.78 is 0. The van der Waals surface area contributed by atoms with Crippen LogP contribution in [-0.4, -0.2) is 92.2 Å². The number of thioether (sulfide) groups is 1. The minimum atomic E-state index is -1.67. The summed E-state index contributed by atoms with van der Waals surface area (Å²) >= 11 is 1.35. The molecule has 0 fully saturated rings. The number of nitrogens with one attached hydrogen (secondary N) is 3. The minimum absolute atomic E-state index is 0.0418. The average molecular weight is 557 g/mol. The van der Waals surface area contributed by atoms with Gasteiger partial charge in [0.2, 0.25) is 17.7 Å². The fourth-order valence-electron chi connectivity index (χ4n) is 3.19. The molecule has 210 valence electrons. The molecular weight excluding hydrogens is 524 g/mol. The number of rotatable bonds is 17. The Morgan fingerprint density at radius 3 is 1.89 bits per heavy atom. The molecule has 15 heteroatoms. The van der Waals surface area contributed by atoms with Crippen molar-refractivity contribution in [3.8, 4) is 5.75 Å². The Balaban J connectivity index is 2.99. The first-order chi connectivity index (χ1) is 17.8. The summed E-state index contributed by atoms with van der Waals surface area (Å²) in [6.07, 6.45) is 0.229. The van der Waals surface area contributed by atoms with E-state index < -0.39 is 66.2 Å². The Bertz CT molecular complexity index is 1000. The third-order valence-corrected chi connectivity index (χ3v) is 5.90. The number of carbonyl (C=O) groups is 6. The van der Waals surface area contributed by atoms with Gasteiger partial charge < -0.3 is 42.1 Å². The van der Waals surface area contributed by atoms with Crippen LogP contribution in [-0.2, 0) is 35.2 Å². The van der Waals surface area contributed by atoms with Gasteiger partial charge in [-0.15, -0.1) is 0 Å². The summed E-state index contributed by atoms with van der Waals surface area (Å²) in [6.45, 7) is 0. The van der Waals surface area contributed by atoms with E-state index in [0.29, 0.717) is 11.3 Å². The summed E-state index contributed by atoms with van der Waals surface area (Å²) in [5.74, 6) is -6.43. The van der Waals surface area contributed by atoms with Crippen LogP contribution in [0.5, 0.6) is 5.75 Å². The van der Waals surface area contributed by atoms with Gasteiger partial charge in [0.15, 0.2) is 0 Å². The highest BCUT2D eigenvalue weighted by Crippen LogP contribution is 2.12. The molecule has 3 amide bonds. The van der Waals surface area contributed by atoms with Crippen molar-refractivity contribution in [1.82, 2.24) is 16.0 Å². The van der Waals surface area contributed by atoms with Crippen LogP contribution in [0.25, 0.3) is 0 Å². The van der Waals surface area contributed by atoms with Crippen LogP contribution < -0.4 is 21.7 Å². The third kappa shape index (κ3) is 11.9. The molecule has 0 aliphatic carbocycles. The van der Waals surface area contributed by atoms with E-state index in [9.17, 15) is 44.1 Å². The van der Waals surface area contributed by atoms with Crippen molar-refractivity contribution in [2.24, 2.45) is 5.73 Å². The zero-order valence-corrected chi connectivity index (χ0v) is 21.4. The summed E-state index contributed by atoms with van der Waals surface area (Å²) in [5, 5.41) is 43.8. The Kier molecular flexibility index (Phi) is 13.6. The lowest BCUT2D eigenvalue weighted by Crippen LogP contribution is -2.57. The van der Waals surface area contributed by atoms with E-state index in [1.807, 2.05) is 0 Å². The van der Waals surface area contributed by atoms with Gasteiger partial charge in [-0.1, -0.05) is 12.1 Å². The summed E-state index contributed by atoms with van der Waals surface area (Å²) in [5.41, 5.74) is 6.16. The van der Waals surface area contributed by atoms with Gasteiger partial charge in [0.05, 0.1) is 12.5 Å². The highest BCUT2D eigenvalue weighted by Gasteiger charge is 2.31. The van der Waals surface area contributed by atoms with Gasteiger partial charge in [-0.3, -0.25) is 24.0 Å². The van der Waals surface area contributed by atoms with E-state index >= 15 is 0 Å². The zero-order chi connectivity index (χ0) is 28.8. The standard InChI is InChI=1S/C23H32N4O10S/c1-38-9-8-15(25-20(33)14(24)6-7-18(29)30)21(34)26-16(11-19(31)32)22(35)27-17(23(36)37)10-12-2-4-13(28)5-3-12/h2-5,14-17,28H,6-11,24H2,1H3,(H,25,33)(H,26,34)(H,27,35)(H,29,30)(H,31,32)(H,36,37). The Hall–Kier alpha value is -3.85. The van der Waals surface area contributed by atoms with Crippen LogP contribution in [0.4, 0.5) is 0 Å². The molecule has 0 heterocycles. The predicted octanol–water partition coefficient (Wildman–Crippen LogP) is -1.11. The van der Waals surface area contributed by atoms with E-state index in [2.05, 4.69) is 16.0 Å². The van der Waals surface area contributed by atoms with Crippen LogP contribution in [0, 0.1) is 0 Å². The maximum absolute atomic E-state index is 12.9. The molecule has 9 N–H and O–H groups in total. The molecule has 1 rings (SSSR count). The maximum Gasteiger partial charge on any atom is 0.326 e. The lowest BCUT2D eigenvalue weighted by Gasteiger charge is -2.24. The van der Waals surface area contributed by atoms with Crippen LogP contribution in [0.2, 0.25) is 0 Å². The van der Waals surface area contributed by atoms with Crippen LogP contribution >= 0.6 is 11.8 Å². The number of phenols is 1. The SMILES string of the molecule is CSCCC(NC(=O)C(N)CCC(=O)O)C(=O)NC(CC(=O)O)C(=O)NC(Cc1ccc(O)cc1)C(=O)O. The van der Waals surface area contributed by atoms with Crippen molar-refractivity contribution in [1.29, 1.82) is 0 Å². The maximum atomic E-state index is 12.9. The summed E-state index contributed by atoms with van der Waals surface area (Å²) in [4.78, 5) is 71.9. The van der Waals surface area contributed by atoms with E-state index in [1.165, 1.54) is 36.0 Å². The highest BCUT2D eigenvalue weighted by molar-refractivity contribution is 7.98. The number of phenolic OH excluding ortho intramolecular Hbond substituents is 1. The largest absolute Gasteiger partial charge is 0.508 e. The monoisotopic (exact) mass is 556 g/mol. The fraction of sp³-hybridized carbons (Fsp3) is 0.478. The molecule has 0 aliphatic rings. The van der Waals surface area contributed by atoms with Gasteiger partial charge in [-0.2, -0.15) is 11.8 Å². The number of benzene rings is 1.